The van der Waals surface area contributed by atoms with Crippen LogP contribution in [0.4, 0.5) is 5.69 Å². The van der Waals surface area contributed by atoms with E-state index in [4.69, 9.17) is 21.3 Å². The predicted molar refractivity (Wildman–Crippen MR) is 144 cm³/mol. The van der Waals surface area contributed by atoms with Crippen LogP contribution in [0.2, 0.25) is 5.02 Å². The van der Waals surface area contributed by atoms with Crippen molar-refractivity contribution in [3.8, 4) is 11.4 Å². The molecule has 2 aromatic carbocycles. The van der Waals surface area contributed by atoms with Crippen molar-refractivity contribution in [1.82, 2.24) is 9.55 Å². The quantitative estimate of drug-likeness (QED) is 0.246. The molecule has 9 heteroatoms. The first-order valence-electron chi connectivity index (χ1n) is 11.4. The Hall–Kier alpha value is -2.81. The summed E-state index contributed by atoms with van der Waals surface area (Å²) in [4.78, 5) is 33.5. The number of halogens is 1. The fourth-order valence-electron chi connectivity index (χ4n) is 4.30. The van der Waals surface area contributed by atoms with E-state index in [2.05, 4.69) is 5.32 Å². The third kappa shape index (κ3) is 4.70. The second-order valence-electron chi connectivity index (χ2n) is 8.40. The number of nitrogens with one attached hydrogen (secondary N) is 1. The molecule has 0 saturated heterocycles. The van der Waals surface area contributed by atoms with Crippen LogP contribution in [-0.2, 0) is 17.6 Å². The number of thioether (sulfide) groups is 1. The summed E-state index contributed by atoms with van der Waals surface area (Å²) in [7, 11) is 1.56. The molecule has 1 aliphatic carbocycles. The van der Waals surface area contributed by atoms with Crippen LogP contribution in [-0.4, -0.2) is 28.3 Å². The molecular formula is C26H24ClN3O3S2. The van der Waals surface area contributed by atoms with Gasteiger partial charge in [0.2, 0.25) is 5.91 Å². The lowest BCUT2D eigenvalue weighted by Crippen LogP contribution is -2.23. The van der Waals surface area contributed by atoms with E-state index in [9.17, 15) is 9.59 Å². The number of nitrogens with zero attached hydrogens (tertiary/aromatic N) is 2. The molecule has 0 aliphatic heterocycles. The van der Waals surface area contributed by atoms with Gasteiger partial charge in [-0.15, -0.1) is 11.3 Å². The lowest BCUT2D eigenvalue weighted by Gasteiger charge is -2.14. The molecule has 0 saturated carbocycles. The Morgan fingerprint density at radius 2 is 2.03 bits per heavy atom. The molecule has 2 aromatic heterocycles. The molecule has 35 heavy (non-hydrogen) atoms. The van der Waals surface area contributed by atoms with Gasteiger partial charge < -0.3 is 10.1 Å². The molecule has 4 aromatic rings. The number of aromatic nitrogens is 2. The molecule has 0 fully saturated rings. The van der Waals surface area contributed by atoms with E-state index in [1.807, 2.05) is 31.2 Å². The molecule has 5 rings (SSSR count). The summed E-state index contributed by atoms with van der Waals surface area (Å²) >= 11 is 9.24. The maximum Gasteiger partial charge on any atom is 0.267 e. The zero-order valence-corrected chi connectivity index (χ0v) is 21.8. The number of carbonyl (C=O) groups is 1. The van der Waals surface area contributed by atoms with Gasteiger partial charge >= 0.3 is 0 Å². The summed E-state index contributed by atoms with van der Waals surface area (Å²) in [5, 5.41) is 4.62. The maximum absolute atomic E-state index is 13.9. The molecule has 1 N–H and O–H groups in total. The van der Waals surface area contributed by atoms with Crippen LogP contribution >= 0.6 is 34.7 Å². The van der Waals surface area contributed by atoms with Crippen LogP contribution in [0.1, 0.15) is 28.8 Å². The van der Waals surface area contributed by atoms with Crippen LogP contribution in [0.3, 0.4) is 0 Å². The van der Waals surface area contributed by atoms with Gasteiger partial charge in [-0.05, 0) is 68.0 Å². The van der Waals surface area contributed by atoms with Crippen molar-refractivity contribution in [1.29, 1.82) is 0 Å². The van der Waals surface area contributed by atoms with Crippen molar-refractivity contribution in [2.24, 2.45) is 0 Å². The van der Waals surface area contributed by atoms with Gasteiger partial charge in [-0.1, -0.05) is 41.6 Å². The zero-order chi connectivity index (χ0) is 24.5. The lowest BCUT2D eigenvalue weighted by molar-refractivity contribution is -0.113. The number of amides is 1. The second kappa shape index (κ2) is 10.0. The van der Waals surface area contributed by atoms with Crippen molar-refractivity contribution < 1.29 is 9.53 Å². The third-order valence-corrected chi connectivity index (χ3v) is 8.62. The first-order chi connectivity index (χ1) is 17.0. The molecule has 0 radical (unpaired) electrons. The lowest BCUT2D eigenvalue weighted by atomic mass is 9.97. The smallest absolute Gasteiger partial charge is 0.267 e. The van der Waals surface area contributed by atoms with Crippen molar-refractivity contribution in [3.63, 3.8) is 0 Å². The molecule has 0 atom stereocenters. The minimum Gasteiger partial charge on any atom is -0.495 e. The van der Waals surface area contributed by atoms with Gasteiger partial charge in [0.25, 0.3) is 5.56 Å². The molecule has 0 spiro atoms. The molecule has 1 amide bonds. The summed E-state index contributed by atoms with van der Waals surface area (Å²) in [6.07, 6.45) is 4.09. The van der Waals surface area contributed by atoms with E-state index >= 15 is 0 Å². The zero-order valence-electron chi connectivity index (χ0n) is 19.4. The number of benzene rings is 2. The fourth-order valence-corrected chi connectivity index (χ4v) is 6.59. The number of aryl methyl sites for hydroxylation is 3. The number of rotatable bonds is 6. The SMILES string of the molecule is COc1ccccc1NC(=O)CSc1nc2sc3c(c2c(=O)n1-c1ccc(C)c(Cl)c1)CCCC3. The number of hydrogen-bond acceptors (Lipinski definition) is 6. The number of para-hydroxylation sites is 2. The van der Waals surface area contributed by atoms with Crippen molar-refractivity contribution in [2.75, 3.05) is 18.2 Å². The monoisotopic (exact) mass is 525 g/mol. The number of methoxy groups -OCH3 is 1. The Labute approximate surface area is 216 Å². The third-order valence-electron chi connectivity index (χ3n) is 6.09. The number of thiophene rings is 1. The molecule has 2 heterocycles. The van der Waals surface area contributed by atoms with Crippen molar-refractivity contribution in [2.45, 2.75) is 37.8 Å². The Bertz CT molecular complexity index is 1500. The Morgan fingerprint density at radius 3 is 2.83 bits per heavy atom. The van der Waals surface area contributed by atoms with E-state index in [1.54, 1.807) is 41.2 Å². The first kappa shape index (κ1) is 23.9. The molecule has 180 valence electrons. The van der Waals surface area contributed by atoms with Crippen molar-refractivity contribution >= 4 is 56.5 Å². The number of fused-ring (bicyclic) bond motifs is 3. The van der Waals surface area contributed by atoms with Crippen LogP contribution < -0.4 is 15.6 Å². The topological polar surface area (TPSA) is 73.2 Å². The van der Waals surface area contributed by atoms with Gasteiger partial charge in [-0.25, -0.2) is 4.98 Å². The van der Waals surface area contributed by atoms with Gasteiger partial charge in [0, 0.05) is 9.90 Å². The van der Waals surface area contributed by atoms with Gasteiger partial charge in [-0.2, -0.15) is 0 Å². The van der Waals surface area contributed by atoms with Gasteiger partial charge in [0.15, 0.2) is 5.16 Å². The average Bonchev–Trinajstić information content (AvgIpc) is 3.23. The van der Waals surface area contributed by atoms with Gasteiger partial charge in [-0.3, -0.25) is 14.2 Å². The summed E-state index contributed by atoms with van der Waals surface area (Å²) in [5.74, 6) is 0.453. The summed E-state index contributed by atoms with van der Waals surface area (Å²) in [5.41, 5.74) is 3.19. The molecule has 6 nitrogen and oxygen atoms in total. The number of anilines is 1. The van der Waals surface area contributed by atoms with E-state index in [0.717, 1.165) is 41.6 Å². The highest BCUT2D eigenvalue weighted by Gasteiger charge is 2.23. The highest BCUT2D eigenvalue weighted by atomic mass is 35.5. The van der Waals surface area contributed by atoms with Crippen LogP contribution in [0.25, 0.3) is 15.9 Å². The van der Waals surface area contributed by atoms with E-state index in [-0.39, 0.29) is 17.2 Å². The van der Waals surface area contributed by atoms with Crippen LogP contribution in [0.5, 0.6) is 5.75 Å². The Balaban J connectivity index is 1.54. The summed E-state index contributed by atoms with van der Waals surface area (Å²) in [6, 6.07) is 12.8. The minimum absolute atomic E-state index is 0.0840. The first-order valence-corrected chi connectivity index (χ1v) is 13.5. The molecule has 0 unspecified atom stereocenters. The minimum atomic E-state index is -0.215. The molecule has 0 bridgehead atoms. The van der Waals surface area contributed by atoms with E-state index < -0.39 is 0 Å². The number of carbonyl (C=O) groups excluding carboxylic acids is 1. The maximum atomic E-state index is 13.9. The number of ether oxygens (including phenoxy) is 1. The molecule has 1 aliphatic rings. The average molecular weight is 526 g/mol. The summed E-state index contributed by atoms with van der Waals surface area (Å²) in [6.45, 7) is 1.92. The normalized spacial score (nSPS) is 13.0. The Kier molecular flexibility index (Phi) is 6.86. The predicted octanol–water partition coefficient (Wildman–Crippen LogP) is 6.03. The Morgan fingerprint density at radius 1 is 1.23 bits per heavy atom. The largest absolute Gasteiger partial charge is 0.495 e. The second-order valence-corrected chi connectivity index (χ2v) is 10.8. The highest BCUT2D eigenvalue weighted by Crippen LogP contribution is 2.35. The number of hydrogen-bond donors (Lipinski definition) is 1. The summed E-state index contributed by atoms with van der Waals surface area (Å²) < 4.78 is 6.91. The van der Waals surface area contributed by atoms with Crippen LogP contribution in [0, 0.1) is 6.92 Å². The molecular weight excluding hydrogens is 502 g/mol. The van der Waals surface area contributed by atoms with Gasteiger partial charge in [0.1, 0.15) is 10.6 Å². The van der Waals surface area contributed by atoms with E-state index in [1.165, 1.54) is 16.6 Å². The van der Waals surface area contributed by atoms with Gasteiger partial charge in [0.05, 0.1) is 29.6 Å². The standard InChI is InChI=1S/C26H24ClN3O3S2/c1-15-11-12-16(13-18(15)27)30-25(32)23-17-7-3-6-10-21(17)35-24(23)29-26(30)34-14-22(31)28-19-8-4-5-9-20(19)33-2/h4-5,8-9,11-13H,3,6-7,10,14H2,1-2H3,(H,28,31). The van der Waals surface area contributed by atoms with E-state index in [0.29, 0.717) is 32.7 Å². The van der Waals surface area contributed by atoms with Crippen LogP contribution in [0.15, 0.2) is 52.4 Å². The highest BCUT2D eigenvalue weighted by molar-refractivity contribution is 7.99. The fraction of sp³-hybridized carbons (Fsp3) is 0.269. The van der Waals surface area contributed by atoms with Crippen molar-refractivity contribution in [3.05, 3.63) is 73.8 Å².